The molecule has 0 aliphatic carbocycles. The molecule has 2 unspecified atom stereocenters. The van der Waals surface area contributed by atoms with Gasteiger partial charge in [0.15, 0.2) is 0 Å². The highest BCUT2D eigenvalue weighted by molar-refractivity contribution is 9.10. The van der Waals surface area contributed by atoms with Crippen molar-refractivity contribution in [3.8, 4) is 0 Å². The number of thioether (sulfide) groups is 1. The predicted molar refractivity (Wildman–Crippen MR) is 88.8 cm³/mol. The minimum atomic E-state index is 0.331. The van der Waals surface area contributed by atoms with E-state index < -0.39 is 0 Å². The first-order valence-corrected chi connectivity index (χ1v) is 9.22. The van der Waals surface area contributed by atoms with Crippen LogP contribution >= 0.6 is 39.0 Å². The molecule has 0 aromatic carbocycles. The van der Waals surface area contributed by atoms with Gasteiger partial charge in [-0.15, -0.1) is 11.3 Å². The third kappa shape index (κ3) is 3.97. The molecule has 5 heteroatoms. The molecule has 2 atom stereocenters. The van der Waals surface area contributed by atoms with E-state index in [9.17, 15) is 0 Å². The number of nitrogens with zero attached hydrogens (tertiary/aromatic N) is 1. The van der Waals surface area contributed by atoms with Crippen molar-refractivity contribution in [3.63, 3.8) is 0 Å². The monoisotopic (exact) mass is 350 g/mol. The Bertz CT molecular complexity index is 348. The van der Waals surface area contributed by atoms with Crippen LogP contribution in [0.15, 0.2) is 10.5 Å². The first-order valence-electron chi connectivity index (χ1n) is 6.21. The van der Waals surface area contributed by atoms with Crippen molar-refractivity contribution in [3.05, 3.63) is 20.3 Å². The minimum Gasteiger partial charge on any atom is -0.329 e. The van der Waals surface area contributed by atoms with Gasteiger partial charge in [0, 0.05) is 32.6 Å². The first kappa shape index (κ1) is 16.5. The summed E-state index contributed by atoms with van der Waals surface area (Å²) in [5.74, 6) is 1.16. The predicted octanol–water partition coefficient (Wildman–Crippen LogP) is 3.89. The smallest absolute Gasteiger partial charge is 0.0564 e. The fourth-order valence-electron chi connectivity index (χ4n) is 2.10. The minimum absolute atomic E-state index is 0.331. The van der Waals surface area contributed by atoms with Gasteiger partial charge in [-0.2, -0.15) is 11.8 Å². The molecule has 0 fully saturated rings. The van der Waals surface area contributed by atoms with Gasteiger partial charge in [-0.05, 0) is 48.6 Å². The lowest BCUT2D eigenvalue weighted by atomic mass is 10.1. The van der Waals surface area contributed by atoms with Crippen LogP contribution in [-0.2, 0) is 0 Å². The lowest BCUT2D eigenvalue weighted by Gasteiger charge is -2.33. The van der Waals surface area contributed by atoms with Crippen LogP contribution in [0.2, 0.25) is 0 Å². The number of nitrogens with two attached hydrogens (primary N) is 1. The first-order chi connectivity index (χ1) is 8.54. The van der Waals surface area contributed by atoms with Gasteiger partial charge in [-0.1, -0.05) is 6.92 Å². The van der Waals surface area contributed by atoms with Crippen LogP contribution in [0, 0.1) is 6.92 Å². The number of likely N-dealkylation sites (N-methyl/N-ethyl adjacent to an activating group) is 1. The van der Waals surface area contributed by atoms with E-state index in [0.29, 0.717) is 18.6 Å². The molecule has 0 saturated carbocycles. The van der Waals surface area contributed by atoms with Crippen LogP contribution in [0.3, 0.4) is 0 Å². The van der Waals surface area contributed by atoms with Crippen molar-refractivity contribution >= 4 is 39.0 Å². The zero-order valence-corrected chi connectivity index (χ0v) is 14.8. The van der Waals surface area contributed by atoms with Crippen molar-refractivity contribution in [1.82, 2.24) is 4.90 Å². The third-order valence-electron chi connectivity index (χ3n) is 3.33. The summed E-state index contributed by atoms with van der Waals surface area (Å²) in [7, 11) is 2.20. The Morgan fingerprint density at radius 2 is 2.22 bits per heavy atom. The van der Waals surface area contributed by atoms with E-state index in [1.54, 1.807) is 0 Å². The van der Waals surface area contributed by atoms with Gasteiger partial charge in [0.05, 0.1) is 6.04 Å². The SMILES string of the molecule is CCC(CSC)N(C)C(CN)c1cc(Br)c(C)s1. The quantitative estimate of drug-likeness (QED) is 0.808. The summed E-state index contributed by atoms with van der Waals surface area (Å²) in [6.07, 6.45) is 3.33. The Kier molecular flexibility index (Phi) is 7.24. The lowest BCUT2D eigenvalue weighted by Crippen LogP contribution is -2.39. The highest BCUT2D eigenvalue weighted by atomic mass is 79.9. The Hall–Kier alpha value is 0.450. The van der Waals surface area contributed by atoms with Crippen molar-refractivity contribution in [2.45, 2.75) is 32.4 Å². The van der Waals surface area contributed by atoms with Crippen LogP contribution in [0.5, 0.6) is 0 Å². The fourth-order valence-corrected chi connectivity index (χ4v) is 4.68. The Morgan fingerprint density at radius 1 is 1.56 bits per heavy atom. The van der Waals surface area contributed by atoms with E-state index >= 15 is 0 Å². The molecule has 2 nitrogen and oxygen atoms in total. The molecule has 0 spiro atoms. The maximum atomic E-state index is 6.00. The Balaban J connectivity index is 2.87. The van der Waals surface area contributed by atoms with E-state index in [1.165, 1.54) is 20.6 Å². The Morgan fingerprint density at radius 3 is 2.61 bits per heavy atom. The van der Waals surface area contributed by atoms with Crippen LogP contribution in [0.25, 0.3) is 0 Å². The van der Waals surface area contributed by atoms with Gasteiger partial charge < -0.3 is 5.73 Å². The normalized spacial score (nSPS) is 15.1. The number of hydrogen-bond donors (Lipinski definition) is 1. The molecule has 0 aliphatic rings. The Labute approximate surface area is 127 Å². The topological polar surface area (TPSA) is 29.3 Å². The van der Waals surface area contributed by atoms with Crippen LogP contribution in [0.4, 0.5) is 0 Å². The van der Waals surface area contributed by atoms with E-state index in [2.05, 4.69) is 54.0 Å². The number of hydrogen-bond acceptors (Lipinski definition) is 4. The van der Waals surface area contributed by atoms with E-state index in [0.717, 1.165) is 5.75 Å². The second-order valence-electron chi connectivity index (χ2n) is 4.49. The summed E-state index contributed by atoms with van der Waals surface area (Å²) in [6, 6.07) is 3.15. The van der Waals surface area contributed by atoms with Crippen molar-refractivity contribution in [2.75, 3.05) is 25.6 Å². The fraction of sp³-hybridized carbons (Fsp3) is 0.692. The molecule has 2 N–H and O–H groups in total. The van der Waals surface area contributed by atoms with Crippen molar-refractivity contribution in [2.24, 2.45) is 5.73 Å². The molecule has 0 amide bonds. The van der Waals surface area contributed by atoms with Crippen molar-refractivity contribution < 1.29 is 0 Å². The molecule has 0 aliphatic heterocycles. The summed E-state index contributed by atoms with van der Waals surface area (Å²) in [5, 5.41) is 0. The molecule has 104 valence electrons. The summed E-state index contributed by atoms with van der Waals surface area (Å²) in [4.78, 5) is 5.13. The molecule has 1 aromatic heterocycles. The third-order valence-corrected chi connectivity index (χ3v) is 6.28. The zero-order valence-electron chi connectivity index (χ0n) is 11.6. The summed E-state index contributed by atoms with van der Waals surface area (Å²) in [5.41, 5.74) is 6.00. The molecule has 1 aromatic rings. The van der Waals surface area contributed by atoms with Crippen molar-refractivity contribution in [1.29, 1.82) is 0 Å². The van der Waals surface area contributed by atoms with Gasteiger partial charge >= 0.3 is 0 Å². The molecule has 0 radical (unpaired) electrons. The number of halogens is 1. The number of aryl methyl sites for hydroxylation is 1. The maximum absolute atomic E-state index is 6.00. The molecule has 1 heterocycles. The maximum Gasteiger partial charge on any atom is 0.0564 e. The second-order valence-corrected chi connectivity index (χ2v) is 7.54. The van der Waals surface area contributed by atoms with Gasteiger partial charge in [0.1, 0.15) is 0 Å². The average molecular weight is 351 g/mol. The van der Waals surface area contributed by atoms with Crippen LogP contribution in [0.1, 0.15) is 29.1 Å². The summed E-state index contributed by atoms with van der Waals surface area (Å²) in [6.45, 7) is 5.07. The molecular weight excluding hydrogens is 328 g/mol. The summed E-state index contributed by atoms with van der Waals surface area (Å²) >= 11 is 7.35. The molecule has 1 rings (SSSR count). The van der Waals surface area contributed by atoms with Crippen LogP contribution < -0.4 is 5.73 Å². The van der Waals surface area contributed by atoms with Gasteiger partial charge in [0.25, 0.3) is 0 Å². The average Bonchev–Trinajstić information content (AvgIpc) is 2.67. The summed E-state index contributed by atoms with van der Waals surface area (Å²) < 4.78 is 1.20. The van der Waals surface area contributed by atoms with E-state index in [1.807, 2.05) is 23.1 Å². The molecule has 0 saturated heterocycles. The lowest BCUT2D eigenvalue weighted by molar-refractivity contribution is 0.190. The standard InChI is InChI=1S/C13H23BrN2S2/c1-5-10(8-17-4)16(3)12(7-15)13-6-11(14)9(2)18-13/h6,10,12H,5,7-8,15H2,1-4H3. The number of rotatable bonds is 7. The highest BCUT2D eigenvalue weighted by Crippen LogP contribution is 2.33. The molecular formula is C13H23BrN2S2. The van der Waals surface area contributed by atoms with Gasteiger partial charge in [0.2, 0.25) is 0 Å². The highest BCUT2D eigenvalue weighted by Gasteiger charge is 2.23. The second kappa shape index (κ2) is 7.90. The van der Waals surface area contributed by atoms with Gasteiger partial charge in [-0.3, -0.25) is 4.90 Å². The molecule has 0 bridgehead atoms. The number of thiophene rings is 1. The molecule has 18 heavy (non-hydrogen) atoms. The largest absolute Gasteiger partial charge is 0.329 e. The van der Waals surface area contributed by atoms with E-state index in [4.69, 9.17) is 5.73 Å². The van der Waals surface area contributed by atoms with Crippen LogP contribution in [-0.4, -0.2) is 36.5 Å². The van der Waals surface area contributed by atoms with Gasteiger partial charge in [-0.25, -0.2) is 0 Å². The zero-order chi connectivity index (χ0) is 13.7. The van der Waals surface area contributed by atoms with E-state index in [-0.39, 0.29) is 0 Å².